The quantitative estimate of drug-likeness (QED) is 0.608. The number of rotatable bonds is 5. The number of benzene rings is 1. The largest absolute Gasteiger partial charge is 0.508 e. The van der Waals surface area contributed by atoms with Gasteiger partial charge in [-0.05, 0) is 48.6 Å². The number of fused-ring (bicyclic) bond motifs is 5. The van der Waals surface area contributed by atoms with Gasteiger partial charge in [-0.15, -0.1) is 0 Å². The lowest BCUT2D eigenvalue weighted by atomic mass is 9.72. The normalized spacial score (nSPS) is 25.7. The van der Waals surface area contributed by atoms with Gasteiger partial charge in [0, 0.05) is 16.9 Å². The third kappa shape index (κ3) is 3.40. The number of pyridine rings is 1. The lowest BCUT2D eigenvalue weighted by molar-refractivity contribution is -0.206. The predicted molar refractivity (Wildman–Crippen MR) is 131 cm³/mol. The van der Waals surface area contributed by atoms with E-state index in [0.717, 1.165) is 16.5 Å². The average Bonchev–Trinajstić information content (AvgIpc) is 3.22. The van der Waals surface area contributed by atoms with E-state index in [2.05, 4.69) is 0 Å². The van der Waals surface area contributed by atoms with Gasteiger partial charge in [-0.1, -0.05) is 27.7 Å². The minimum Gasteiger partial charge on any atom is -0.508 e. The van der Waals surface area contributed by atoms with E-state index in [0.29, 0.717) is 29.9 Å². The second-order valence-corrected chi connectivity index (χ2v) is 10.1. The Morgan fingerprint density at radius 3 is 2.75 bits per heavy atom. The summed E-state index contributed by atoms with van der Waals surface area (Å²) in [7, 11) is 0. The highest BCUT2D eigenvalue weighted by molar-refractivity contribution is 5.98. The summed E-state index contributed by atoms with van der Waals surface area (Å²) < 4.78 is 11.3. The average molecular weight is 494 g/mol. The molecular formula is C27H31N3O6. The van der Waals surface area contributed by atoms with Gasteiger partial charge >= 0.3 is 11.9 Å². The maximum atomic E-state index is 13.8. The molecular weight excluding hydrogens is 462 g/mol. The third-order valence-electron chi connectivity index (χ3n) is 7.82. The number of carbonyl (C=O) groups excluding carboxylic acids is 3. The van der Waals surface area contributed by atoms with Gasteiger partial charge in [0.1, 0.15) is 18.4 Å². The molecule has 9 heteroatoms. The van der Waals surface area contributed by atoms with E-state index in [4.69, 9.17) is 20.2 Å². The van der Waals surface area contributed by atoms with Crippen LogP contribution in [0.4, 0.5) is 0 Å². The van der Waals surface area contributed by atoms with Gasteiger partial charge in [0.25, 0.3) is 0 Å². The highest BCUT2D eigenvalue weighted by Crippen LogP contribution is 2.48. The molecule has 5 rings (SSSR count). The topological polar surface area (TPSA) is 132 Å². The fourth-order valence-electron chi connectivity index (χ4n) is 5.66. The summed E-state index contributed by atoms with van der Waals surface area (Å²) in [5, 5.41) is 10.9. The van der Waals surface area contributed by atoms with Crippen LogP contribution in [-0.2, 0) is 36.8 Å². The van der Waals surface area contributed by atoms with Gasteiger partial charge in [0.05, 0.1) is 29.4 Å². The number of nitrogens with zero attached hydrogens (tertiary/aromatic N) is 2. The summed E-state index contributed by atoms with van der Waals surface area (Å²) in [6, 6.07) is 4.13. The summed E-state index contributed by atoms with van der Waals surface area (Å²) >= 11 is 0. The SMILES string of the molecule is CCc1c2c(nc3ccc(O)cc13)C1=CC3C(COC(=O)[C@@]3(CC)OC(=O)C(N)C(C)C)C(=O)N1C2. The van der Waals surface area contributed by atoms with Crippen LogP contribution in [0.25, 0.3) is 16.6 Å². The Morgan fingerprint density at radius 2 is 2.08 bits per heavy atom. The molecule has 3 aliphatic heterocycles. The van der Waals surface area contributed by atoms with Gasteiger partial charge < -0.3 is 25.2 Å². The monoisotopic (exact) mass is 493 g/mol. The number of aryl methyl sites for hydroxylation is 1. The van der Waals surface area contributed by atoms with Crippen molar-refractivity contribution < 1.29 is 29.0 Å². The van der Waals surface area contributed by atoms with E-state index < -0.39 is 35.4 Å². The maximum absolute atomic E-state index is 13.8. The minimum absolute atomic E-state index is 0.0849. The molecule has 190 valence electrons. The molecule has 1 saturated heterocycles. The first-order valence-electron chi connectivity index (χ1n) is 12.5. The zero-order valence-corrected chi connectivity index (χ0v) is 20.9. The number of cyclic esters (lactones) is 1. The third-order valence-corrected chi connectivity index (χ3v) is 7.82. The van der Waals surface area contributed by atoms with E-state index in [1.165, 1.54) is 0 Å². The number of aromatic nitrogens is 1. The first kappa shape index (κ1) is 24.2. The molecule has 4 heterocycles. The molecule has 4 atom stereocenters. The molecule has 1 aromatic carbocycles. The molecule has 3 aliphatic rings. The molecule has 0 spiro atoms. The Morgan fingerprint density at radius 1 is 1.33 bits per heavy atom. The van der Waals surface area contributed by atoms with Crippen LogP contribution >= 0.6 is 0 Å². The van der Waals surface area contributed by atoms with Gasteiger partial charge in [-0.3, -0.25) is 9.59 Å². The van der Waals surface area contributed by atoms with Crippen molar-refractivity contribution in [1.82, 2.24) is 9.88 Å². The molecule has 0 saturated carbocycles. The number of hydrogen-bond donors (Lipinski definition) is 2. The standard InChI is InChI=1S/C27H31N3O6/c1-5-15-16-9-14(31)7-8-20(16)29-23-17(15)11-30-21(23)10-19-18(24(30)32)12-35-26(34)27(19,6-2)36-25(33)22(28)13(3)4/h7-10,13,18-19,22,31H,5-6,11-12,28H2,1-4H3/t18?,19?,22?,27-/m0/s1. The van der Waals surface area contributed by atoms with Crippen LogP contribution in [0.3, 0.4) is 0 Å². The molecule has 2 aromatic rings. The van der Waals surface area contributed by atoms with Crippen LogP contribution in [0.5, 0.6) is 5.75 Å². The Kier molecular flexibility index (Phi) is 5.78. The van der Waals surface area contributed by atoms with E-state index in [1.54, 1.807) is 43.9 Å². The van der Waals surface area contributed by atoms with E-state index in [9.17, 15) is 19.5 Å². The number of amides is 1. The van der Waals surface area contributed by atoms with E-state index in [-0.39, 0.29) is 30.6 Å². The molecule has 1 fully saturated rings. The van der Waals surface area contributed by atoms with Crippen molar-refractivity contribution in [3.8, 4) is 5.75 Å². The maximum Gasteiger partial charge on any atom is 0.351 e. The molecule has 9 nitrogen and oxygen atoms in total. The lowest BCUT2D eigenvalue weighted by Gasteiger charge is -2.46. The molecule has 3 N–H and O–H groups in total. The van der Waals surface area contributed by atoms with Crippen molar-refractivity contribution in [3.05, 3.63) is 41.1 Å². The summed E-state index contributed by atoms with van der Waals surface area (Å²) in [6.45, 7) is 7.62. The fraction of sp³-hybridized carbons (Fsp3) is 0.481. The van der Waals surface area contributed by atoms with E-state index in [1.807, 2.05) is 13.0 Å². The zero-order valence-electron chi connectivity index (χ0n) is 20.9. The first-order chi connectivity index (χ1) is 17.1. The van der Waals surface area contributed by atoms with E-state index >= 15 is 0 Å². The van der Waals surface area contributed by atoms with Crippen LogP contribution in [0, 0.1) is 17.8 Å². The number of carbonyl (C=O) groups is 3. The van der Waals surface area contributed by atoms with Crippen molar-refractivity contribution in [2.75, 3.05) is 6.61 Å². The Hall–Kier alpha value is -3.46. The predicted octanol–water partition coefficient (Wildman–Crippen LogP) is 2.66. The number of esters is 2. The zero-order chi connectivity index (χ0) is 25.9. The molecule has 1 aromatic heterocycles. The first-order valence-corrected chi connectivity index (χ1v) is 12.5. The van der Waals surface area contributed by atoms with Crippen molar-refractivity contribution in [1.29, 1.82) is 0 Å². The number of nitrogens with two attached hydrogens (primary N) is 1. The van der Waals surface area contributed by atoms with Crippen molar-refractivity contribution in [2.24, 2.45) is 23.5 Å². The summed E-state index contributed by atoms with van der Waals surface area (Å²) in [5.74, 6) is -2.98. The smallest absolute Gasteiger partial charge is 0.351 e. The van der Waals surface area contributed by atoms with Crippen LogP contribution in [-0.4, -0.2) is 51.1 Å². The van der Waals surface area contributed by atoms with Gasteiger partial charge in [-0.2, -0.15) is 0 Å². The van der Waals surface area contributed by atoms with Crippen molar-refractivity contribution in [3.63, 3.8) is 0 Å². The van der Waals surface area contributed by atoms with Gasteiger partial charge in [0.2, 0.25) is 11.5 Å². The lowest BCUT2D eigenvalue weighted by Crippen LogP contribution is -2.61. The van der Waals surface area contributed by atoms with Crippen LogP contribution in [0.1, 0.15) is 50.9 Å². The second-order valence-electron chi connectivity index (χ2n) is 10.1. The second kappa shape index (κ2) is 8.58. The van der Waals surface area contributed by atoms with Crippen molar-refractivity contribution in [2.45, 2.75) is 58.7 Å². The number of hydrogen-bond acceptors (Lipinski definition) is 8. The van der Waals surface area contributed by atoms with Gasteiger partial charge in [0.15, 0.2) is 0 Å². The minimum atomic E-state index is -1.65. The Labute approximate surface area is 209 Å². The number of aromatic hydroxyl groups is 1. The van der Waals surface area contributed by atoms with Crippen LogP contribution < -0.4 is 5.73 Å². The molecule has 36 heavy (non-hydrogen) atoms. The Bertz CT molecular complexity index is 1320. The van der Waals surface area contributed by atoms with Crippen molar-refractivity contribution >= 4 is 34.4 Å². The molecule has 1 amide bonds. The number of ether oxygens (including phenoxy) is 2. The Balaban J connectivity index is 1.66. The highest BCUT2D eigenvalue weighted by atomic mass is 16.6. The number of phenols is 1. The number of phenolic OH excluding ortho intramolecular Hbond substituents is 1. The molecule has 0 bridgehead atoms. The van der Waals surface area contributed by atoms with Crippen LogP contribution in [0.15, 0.2) is 24.3 Å². The summed E-state index contributed by atoms with van der Waals surface area (Å²) in [6.07, 6.45) is 2.69. The van der Waals surface area contributed by atoms with Gasteiger partial charge in [-0.25, -0.2) is 9.78 Å². The highest BCUT2D eigenvalue weighted by Gasteiger charge is 2.60. The molecule has 3 unspecified atom stereocenters. The molecule has 0 radical (unpaired) electrons. The summed E-state index contributed by atoms with van der Waals surface area (Å²) in [4.78, 5) is 46.3. The molecule has 0 aliphatic carbocycles. The van der Waals surface area contributed by atoms with Crippen LogP contribution in [0.2, 0.25) is 0 Å². The fourth-order valence-corrected chi connectivity index (χ4v) is 5.66. The summed E-state index contributed by atoms with van der Waals surface area (Å²) in [5.41, 5.74) is 8.30.